The van der Waals surface area contributed by atoms with Crippen molar-refractivity contribution in [2.24, 2.45) is 0 Å². The average Bonchev–Trinajstić information content (AvgIpc) is 2.32. The highest BCUT2D eigenvalue weighted by Gasteiger charge is 2.60. The molecule has 0 fully saturated rings. The van der Waals surface area contributed by atoms with E-state index in [-0.39, 0.29) is 0 Å². The highest BCUT2D eigenvalue weighted by Crippen LogP contribution is 2.36. The quantitative estimate of drug-likeness (QED) is 0.371. The molecule has 1 aromatic rings. The molecule has 21 heavy (non-hydrogen) atoms. The number of carbonyl (C=O) groups is 1. The predicted molar refractivity (Wildman–Crippen MR) is 54.4 cm³/mol. The fraction of sp³-hybridized carbons (Fsp3) is 0.300. The van der Waals surface area contributed by atoms with Crippen molar-refractivity contribution >= 4 is 11.7 Å². The molecular weight excluding hydrogens is 312 g/mol. The van der Waals surface area contributed by atoms with Crippen LogP contribution < -0.4 is 0 Å². The minimum absolute atomic E-state index is 0.685. The third-order valence-corrected chi connectivity index (χ3v) is 2.14. The van der Waals surface area contributed by atoms with Gasteiger partial charge in [-0.2, -0.15) is 26.3 Å². The Kier molecular flexibility index (Phi) is 4.44. The second kappa shape index (κ2) is 5.58. The van der Waals surface area contributed by atoms with Crippen LogP contribution in [0.4, 0.5) is 32.0 Å². The van der Waals surface area contributed by atoms with Gasteiger partial charge in [-0.15, -0.1) is 0 Å². The summed E-state index contributed by atoms with van der Waals surface area (Å²) < 4.78 is 76.7. The Bertz CT molecular complexity index is 539. The van der Waals surface area contributed by atoms with Gasteiger partial charge in [0.25, 0.3) is 11.8 Å². The lowest BCUT2D eigenvalue weighted by atomic mass is 10.2. The van der Waals surface area contributed by atoms with Crippen LogP contribution in [0.1, 0.15) is 10.4 Å². The number of alkyl halides is 6. The summed E-state index contributed by atoms with van der Waals surface area (Å²) in [6.07, 6.45) is -16.1. The van der Waals surface area contributed by atoms with Crippen LogP contribution in [-0.4, -0.2) is 29.3 Å². The number of carbonyl (C=O) groups excluding carboxylic acids is 1. The van der Waals surface area contributed by atoms with Crippen LogP contribution in [-0.2, 0) is 4.74 Å². The number of nitrogens with zero attached hydrogens (tertiary/aromatic N) is 1. The van der Waals surface area contributed by atoms with Gasteiger partial charge in [0, 0.05) is 6.07 Å². The Morgan fingerprint density at radius 2 is 1.57 bits per heavy atom. The Morgan fingerprint density at radius 3 is 2.00 bits per heavy atom. The Balaban J connectivity index is 3.13. The van der Waals surface area contributed by atoms with E-state index in [1.807, 2.05) is 0 Å². The van der Waals surface area contributed by atoms with Crippen molar-refractivity contribution in [2.45, 2.75) is 18.5 Å². The fourth-order valence-corrected chi connectivity index (χ4v) is 1.30. The number of benzene rings is 1. The molecule has 1 aromatic carbocycles. The summed E-state index contributed by atoms with van der Waals surface area (Å²) in [6.45, 7) is 0. The van der Waals surface area contributed by atoms with Crippen molar-refractivity contribution in [1.82, 2.24) is 0 Å². The summed E-state index contributed by atoms with van der Waals surface area (Å²) in [5, 5.41) is 10.6. The first-order valence-electron chi connectivity index (χ1n) is 5.02. The number of halogens is 6. The first-order valence-corrected chi connectivity index (χ1v) is 5.02. The summed E-state index contributed by atoms with van der Waals surface area (Å²) in [7, 11) is 0. The van der Waals surface area contributed by atoms with E-state index >= 15 is 0 Å². The number of hydrogen-bond donors (Lipinski definition) is 0. The maximum atomic E-state index is 12.2. The van der Waals surface area contributed by atoms with Crippen molar-refractivity contribution in [2.75, 3.05) is 0 Å². The molecule has 0 saturated carbocycles. The van der Waals surface area contributed by atoms with Crippen LogP contribution >= 0.6 is 0 Å². The third-order valence-electron chi connectivity index (χ3n) is 2.14. The number of rotatable bonds is 3. The highest BCUT2D eigenvalue weighted by atomic mass is 19.4. The van der Waals surface area contributed by atoms with Crippen LogP contribution in [0.15, 0.2) is 24.3 Å². The molecule has 116 valence electrons. The van der Waals surface area contributed by atoms with E-state index in [9.17, 15) is 41.3 Å². The van der Waals surface area contributed by atoms with E-state index in [1.54, 1.807) is 0 Å². The first kappa shape index (κ1) is 16.7. The van der Waals surface area contributed by atoms with Gasteiger partial charge >= 0.3 is 18.3 Å². The number of nitro groups is 1. The van der Waals surface area contributed by atoms with Crippen LogP contribution in [0.5, 0.6) is 0 Å². The third kappa shape index (κ3) is 4.07. The SMILES string of the molecule is O=C(OC(C(F)(F)F)C(F)(F)F)c1ccccc1[N+](=O)[O-]. The first-order chi connectivity index (χ1) is 9.44. The monoisotopic (exact) mass is 317 g/mol. The molecule has 0 aliphatic carbocycles. The van der Waals surface area contributed by atoms with Gasteiger partial charge in [-0.1, -0.05) is 12.1 Å². The van der Waals surface area contributed by atoms with Crippen molar-refractivity contribution in [1.29, 1.82) is 0 Å². The number of ether oxygens (including phenoxy) is 1. The highest BCUT2D eigenvalue weighted by molar-refractivity contribution is 5.94. The van der Waals surface area contributed by atoms with Gasteiger partial charge in [0.2, 0.25) is 0 Å². The van der Waals surface area contributed by atoms with E-state index < -0.39 is 40.6 Å². The van der Waals surface area contributed by atoms with Crippen molar-refractivity contribution in [3.8, 4) is 0 Å². The number of esters is 1. The Hall–Kier alpha value is -2.33. The average molecular weight is 317 g/mol. The van der Waals surface area contributed by atoms with E-state index in [2.05, 4.69) is 4.74 Å². The van der Waals surface area contributed by atoms with Gasteiger partial charge in [0.05, 0.1) is 4.92 Å². The molecule has 11 heteroatoms. The summed E-state index contributed by atoms with van der Waals surface area (Å²) in [5.74, 6) is -2.10. The van der Waals surface area contributed by atoms with Gasteiger partial charge in [-0.25, -0.2) is 4.79 Å². The number of para-hydroxylation sites is 1. The lowest BCUT2D eigenvalue weighted by Gasteiger charge is -2.22. The Morgan fingerprint density at radius 1 is 1.10 bits per heavy atom. The molecule has 5 nitrogen and oxygen atoms in total. The van der Waals surface area contributed by atoms with E-state index in [1.165, 1.54) is 0 Å². The predicted octanol–water partition coefficient (Wildman–Crippen LogP) is 3.24. The molecule has 0 heterocycles. The second-order valence-electron chi connectivity index (χ2n) is 3.64. The zero-order valence-electron chi connectivity index (χ0n) is 9.73. The second-order valence-corrected chi connectivity index (χ2v) is 3.64. The van der Waals surface area contributed by atoms with Gasteiger partial charge < -0.3 is 4.74 Å². The molecule has 0 amide bonds. The molecule has 0 N–H and O–H groups in total. The minimum atomic E-state index is -5.89. The normalized spacial score (nSPS) is 12.3. The minimum Gasteiger partial charge on any atom is -0.439 e. The lowest BCUT2D eigenvalue weighted by Crippen LogP contribution is -2.45. The van der Waals surface area contributed by atoms with Gasteiger partial charge in [0.15, 0.2) is 0 Å². The number of hydrogen-bond acceptors (Lipinski definition) is 4. The van der Waals surface area contributed by atoms with Crippen molar-refractivity contribution < 1.29 is 40.8 Å². The standard InChI is InChI=1S/C10H5F6NO4/c11-9(12,13)8(10(14,15)16)21-7(18)5-3-1-2-4-6(5)17(19)20/h1-4,8H. The van der Waals surface area contributed by atoms with Crippen LogP contribution in [0.3, 0.4) is 0 Å². The zero-order chi connectivity index (χ0) is 16.4. The number of nitro benzene ring substituents is 1. The molecule has 0 radical (unpaired) electrons. The maximum absolute atomic E-state index is 12.2. The van der Waals surface area contributed by atoms with Crippen molar-refractivity contribution in [3.63, 3.8) is 0 Å². The maximum Gasteiger partial charge on any atom is 0.434 e. The smallest absolute Gasteiger partial charge is 0.434 e. The molecule has 1 rings (SSSR count). The zero-order valence-corrected chi connectivity index (χ0v) is 9.73. The van der Waals surface area contributed by atoms with Crippen LogP contribution in [0.2, 0.25) is 0 Å². The molecule has 0 atom stereocenters. The molecule has 0 aliphatic rings. The molecule has 0 unspecified atom stereocenters. The van der Waals surface area contributed by atoms with E-state index in [0.717, 1.165) is 18.2 Å². The van der Waals surface area contributed by atoms with E-state index in [0.29, 0.717) is 6.07 Å². The van der Waals surface area contributed by atoms with E-state index in [4.69, 9.17) is 0 Å². The fourth-order valence-electron chi connectivity index (χ4n) is 1.30. The van der Waals surface area contributed by atoms with Gasteiger partial charge in [-0.3, -0.25) is 10.1 Å². The molecule has 0 aliphatic heterocycles. The van der Waals surface area contributed by atoms with Crippen LogP contribution in [0, 0.1) is 10.1 Å². The van der Waals surface area contributed by atoms with Crippen molar-refractivity contribution in [3.05, 3.63) is 39.9 Å². The summed E-state index contributed by atoms with van der Waals surface area (Å²) in [4.78, 5) is 20.8. The summed E-state index contributed by atoms with van der Waals surface area (Å²) in [6, 6.07) is 3.54. The summed E-state index contributed by atoms with van der Waals surface area (Å²) >= 11 is 0. The molecule has 0 bridgehead atoms. The molecule has 0 aromatic heterocycles. The van der Waals surface area contributed by atoms with Crippen LogP contribution in [0.25, 0.3) is 0 Å². The lowest BCUT2D eigenvalue weighted by molar-refractivity contribution is -0.385. The molecular formula is C10H5F6NO4. The summed E-state index contributed by atoms with van der Waals surface area (Å²) in [5.41, 5.74) is -1.98. The van der Waals surface area contributed by atoms with Gasteiger partial charge in [0.1, 0.15) is 5.56 Å². The molecule has 0 saturated heterocycles. The largest absolute Gasteiger partial charge is 0.439 e. The Labute approximate surface area is 112 Å². The molecule has 0 spiro atoms. The topological polar surface area (TPSA) is 69.4 Å². The van der Waals surface area contributed by atoms with Gasteiger partial charge in [-0.05, 0) is 6.07 Å².